The van der Waals surface area contributed by atoms with Crippen LogP contribution in [0.2, 0.25) is 0 Å². The summed E-state index contributed by atoms with van der Waals surface area (Å²) in [6.07, 6.45) is 5.55. The largest absolute Gasteiger partial charge is 0.463 e. The van der Waals surface area contributed by atoms with Crippen LogP contribution in [0.25, 0.3) is 0 Å². The van der Waals surface area contributed by atoms with Gasteiger partial charge in [-0.15, -0.1) is 0 Å². The van der Waals surface area contributed by atoms with E-state index in [1.54, 1.807) is 0 Å². The Hall–Kier alpha value is -0.750. The van der Waals surface area contributed by atoms with Crippen molar-refractivity contribution in [2.24, 2.45) is 4.99 Å². The molecule has 0 aromatic heterocycles. The van der Waals surface area contributed by atoms with Crippen LogP contribution < -0.4 is 5.32 Å². The molecule has 4 radical (unpaired) electrons. The lowest BCUT2D eigenvalue weighted by Crippen LogP contribution is -2.37. The SMILES string of the molecule is CNC1=NC2[C][C][C@H](COC(C)=O)OC2S1. The molecule has 3 atom stereocenters. The Bertz CT molecular complexity index is 308. The second-order valence-electron chi connectivity index (χ2n) is 3.33. The highest BCUT2D eigenvalue weighted by Gasteiger charge is 2.38. The molecule has 1 saturated heterocycles. The van der Waals surface area contributed by atoms with Gasteiger partial charge in [0.25, 0.3) is 0 Å². The van der Waals surface area contributed by atoms with Gasteiger partial charge in [-0.05, 0) is 0 Å². The lowest BCUT2D eigenvalue weighted by atomic mass is 10.1. The molecule has 0 bridgehead atoms. The van der Waals surface area contributed by atoms with E-state index in [4.69, 9.17) is 9.47 Å². The molecule has 2 unspecified atom stereocenters. The highest BCUT2D eigenvalue weighted by atomic mass is 32.2. The summed E-state index contributed by atoms with van der Waals surface area (Å²) in [7, 11) is 1.81. The second kappa shape index (κ2) is 5.05. The smallest absolute Gasteiger partial charge is 0.302 e. The van der Waals surface area contributed by atoms with E-state index in [1.165, 1.54) is 18.7 Å². The number of thioether (sulfide) groups is 1. The zero-order valence-corrected chi connectivity index (χ0v) is 9.84. The number of hydrogen-bond donors (Lipinski definition) is 1. The number of hydrogen-bond acceptors (Lipinski definition) is 6. The molecule has 6 heteroatoms. The van der Waals surface area contributed by atoms with Gasteiger partial charge >= 0.3 is 5.97 Å². The van der Waals surface area contributed by atoms with E-state index in [-0.39, 0.29) is 30.2 Å². The van der Waals surface area contributed by atoms with Gasteiger partial charge in [0.05, 0.1) is 6.04 Å². The number of rotatable bonds is 2. The molecule has 0 aromatic rings. The van der Waals surface area contributed by atoms with Gasteiger partial charge in [-0.1, -0.05) is 11.8 Å². The molecule has 0 saturated carbocycles. The highest BCUT2D eigenvalue weighted by molar-refractivity contribution is 8.14. The molecule has 5 nitrogen and oxygen atoms in total. The first-order chi connectivity index (χ1) is 7.69. The zero-order chi connectivity index (χ0) is 11.5. The lowest BCUT2D eigenvalue weighted by molar-refractivity contribution is -0.145. The Morgan fingerprint density at radius 1 is 1.69 bits per heavy atom. The maximum Gasteiger partial charge on any atom is 0.302 e. The Balaban J connectivity index is 1.82. The third kappa shape index (κ3) is 2.68. The van der Waals surface area contributed by atoms with E-state index in [1.807, 2.05) is 7.05 Å². The second-order valence-corrected chi connectivity index (χ2v) is 4.42. The number of ether oxygens (including phenoxy) is 2. The Morgan fingerprint density at radius 3 is 3.19 bits per heavy atom. The molecule has 0 amide bonds. The summed E-state index contributed by atoms with van der Waals surface area (Å²) in [5.74, 6) is -0.321. The van der Waals surface area contributed by atoms with Gasteiger partial charge < -0.3 is 14.8 Å². The van der Waals surface area contributed by atoms with Crippen LogP contribution in [-0.4, -0.2) is 42.4 Å². The van der Waals surface area contributed by atoms with Gasteiger partial charge in [0.2, 0.25) is 0 Å². The van der Waals surface area contributed by atoms with Crippen LogP contribution in [0.5, 0.6) is 0 Å². The Labute approximate surface area is 99.0 Å². The summed E-state index contributed by atoms with van der Waals surface area (Å²) >= 11 is 1.51. The summed E-state index contributed by atoms with van der Waals surface area (Å²) in [6, 6.07) is -0.110. The van der Waals surface area contributed by atoms with E-state index in [0.29, 0.717) is 0 Å². The molecule has 16 heavy (non-hydrogen) atoms. The number of aliphatic imine (C=N–C) groups is 1. The van der Waals surface area contributed by atoms with E-state index < -0.39 is 0 Å². The summed E-state index contributed by atoms with van der Waals surface area (Å²) in [6.45, 7) is 1.55. The van der Waals surface area contributed by atoms with Gasteiger partial charge in [0.15, 0.2) is 5.17 Å². The number of esters is 1. The molecule has 2 aliphatic heterocycles. The van der Waals surface area contributed by atoms with Crippen molar-refractivity contribution in [3.8, 4) is 0 Å². The van der Waals surface area contributed by atoms with Gasteiger partial charge in [0.1, 0.15) is 18.1 Å². The fraction of sp³-hybridized carbons (Fsp3) is 0.600. The van der Waals surface area contributed by atoms with Gasteiger partial charge in [-0.2, -0.15) is 0 Å². The van der Waals surface area contributed by atoms with Gasteiger partial charge in [-0.25, -0.2) is 0 Å². The standard InChI is InChI=1S/C10H12N2O3S/c1-6(13)14-5-7-3-4-8-9(15-7)16-10(11-2)12-8/h7-9H,5H2,1-2H3,(H,11,12)/t7-,8?,9?/m1/s1. The van der Waals surface area contributed by atoms with Crippen molar-refractivity contribution in [2.75, 3.05) is 13.7 Å². The van der Waals surface area contributed by atoms with Crippen molar-refractivity contribution in [3.05, 3.63) is 12.8 Å². The van der Waals surface area contributed by atoms with E-state index >= 15 is 0 Å². The molecule has 0 spiro atoms. The molecule has 1 N–H and O–H groups in total. The Morgan fingerprint density at radius 2 is 2.50 bits per heavy atom. The first kappa shape index (κ1) is 11.7. The normalized spacial score (nSPS) is 32.9. The third-order valence-electron chi connectivity index (χ3n) is 2.08. The van der Waals surface area contributed by atoms with Crippen LogP contribution in [0.3, 0.4) is 0 Å². The molecule has 1 fully saturated rings. The Kier molecular flexibility index (Phi) is 3.70. The summed E-state index contributed by atoms with van der Waals surface area (Å²) in [4.78, 5) is 15.0. The number of nitrogens with zero attached hydrogens (tertiary/aromatic N) is 1. The summed E-state index contributed by atoms with van der Waals surface area (Å²) in [5.41, 5.74) is -0.0933. The third-order valence-corrected chi connectivity index (χ3v) is 3.22. The molecule has 2 heterocycles. The number of amidine groups is 1. The molecule has 0 aliphatic carbocycles. The van der Waals surface area contributed by atoms with Crippen LogP contribution in [0.1, 0.15) is 6.92 Å². The fourth-order valence-corrected chi connectivity index (χ4v) is 2.33. The van der Waals surface area contributed by atoms with Crippen LogP contribution in [0.4, 0.5) is 0 Å². The monoisotopic (exact) mass is 240 g/mol. The maximum absolute atomic E-state index is 10.6. The first-order valence-electron chi connectivity index (χ1n) is 4.91. The minimum absolute atomic E-state index is 0.0933. The molecular weight excluding hydrogens is 228 g/mol. The van der Waals surface area contributed by atoms with Crippen LogP contribution in [0, 0.1) is 12.8 Å². The van der Waals surface area contributed by atoms with E-state index in [0.717, 1.165) is 5.17 Å². The summed E-state index contributed by atoms with van der Waals surface area (Å²) in [5, 5.41) is 3.80. The highest BCUT2D eigenvalue weighted by Crippen LogP contribution is 2.34. The number of carbonyl (C=O) groups excluding carboxylic acids is 1. The average Bonchev–Trinajstić information content (AvgIpc) is 2.68. The van der Waals surface area contributed by atoms with Crippen molar-refractivity contribution in [3.63, 3.8) is 0 Å². The quantitative estimate of drug-likeness (QED) is 0.695. The molecule has 86 valence electrons. The molecule has 0 aromatic carbocycles. The number of carbonyl (C=O) groups is 1. The minimum atomic E-state index is -0.343. The van der Waals surface area contributed by atoms with Crippen LogP contribution >= 0.6 is 11.8 Å². The van der Waals surface area contributed by atoms with Crippen molar-refractivity contribution in [1.29, 1.82) is 0 Å². The van der Waals surface area contributed by atoms with Crippen molar-refractivity contribution in [1.82, 2.24) is 5.32 Å². The fourth-order valence-electron chi connectivity index (χ4n) is 1.37. The number of nitrogens with one attached hydrogen (secondary N) is 1. The van der Waals surface area contributed by atoms with Crippen LogP contribution in [-0.2, 0) is 14.3 Å². The van der Waals surface area contributed by atoms with E-state index in [9.17, 15) is 4.79 Å². The predicted molar refractivity (Wildman–Crippen MR) is 59.7 cm³/mol. The summed E-state index contributed by atoms with van der Waals surface area (Å²) < 4.78 is 10.5. The van der Waals surface area contributed by atoms with Crippen LogP contribution in [0.15, 0.2) is 4.99 Å². The minimum Gasteiger partial charge on any atom is -0.463 e. The number of fused-ring (bicyclic) bond motifs is 1. The van der Waals surface area contributed by atoms with Crippen molar-refractivity contribution < 1.29 is 14.3 Å². The first-order valence-corrected chi connectivity index (χ1v) is 5.79. The maximum atomic E-state index is 10.6. The van der Waals surface area contributed by atoms with E-state index in [2.05, 4.69) is 23.2 Å². The lowest BCUT2D eigenvalue weighted by Gasteiger charge is -2.28. The van der Waals surface area contributed by atoms with Gasteiger partial charge in [-0.3, -0.25) is 9.79 Å². The van der Waals surface area contributed by atoms with Gasteiger partial charge in [0, 0.05) is 26.8 Å². The van der Waals surface area contributed by atoms with Crippen molar-refractivity contribution in [2.45, 2.75) is 24.5 Å². The molecule has 2 aliphatic rings. The topological polar surface area (TPSA) is 59.9 Å². The average molecular weight is 240 g/mol. The molecule has 2 rings (SSSR count). The molecular formula is C10H12N2O3S. The predicted octanol–water partition coefficient (Wildman–Crippen LogP) is 0.128. The zero-order valence-electron chi connectivity index (χ0n) is 9.02. The van der Waals surface area contributed by atoms with Crippen molar-refractivity contribution >= 4 is 22.9 Å².